The summed E-state index contributed by atoms with van der Waals surface area (Å²) in [7, 11) is 0. The van der Waals surface area contributed by atoms with Gasteiger partial charge in [0.2, 0.25) is 5.91 Å². The number of alkyl halides is 3. The van der Waals surface area contributed by atoms with Gasteiger partial charge < -0.3 is 10.4 Å². The third-order valence-corrected chi connectivity index (χ3v) is 7.11. The summed E-state index contributed by atoms with van der Waals surface area (Å²) in [6, 6.07) is 7.63. The Morgan fingerprint density at radius 3 is 2.42 bits per heavy atom. The fourth-order valence-corrected chi connectivity index (χ4v) is 5.04. The van der Waals surface area contributed by atoms with E-state index in [0.717, 1.165) is 31.1 Å². The Morgan fingerprint density at radius 1 is 1.23 bits per heavy atom. The number of hydrogen-bond acceptors (Lipinski definition) is 3. The molecule has 10 heteroatoms. The molecule has 31 heavy (non-hydrogen) atoms. The van der Waals surface area contributed by atoms with Crippen LogP contribution in [0, 0.1) is 11.8 Å². The van der Waals surface area contributed by atoms with E-state index in [1.807, 2.05) is 0 Å². The quantitative estimate of drug-likeness (QED) is 0.418. The molecule has 0 aliphatic heterocycles. The molecule has 4 nitrogen and oxygen atoms in total. The van der Waals surface area contributed by atoms with Crippen molar-refractivity contribution in [2.75, 3.05) is 5.32 Å². The van der Waals surface area contributed by atoms with Gasteiger partial charge in [-0.1, -0.05) is 36.2 Å². The number of nitrogens with one attached hydrogen (secondary N) is 1. The first-order valence-electron chi connectivity index (χ1n) is 9.61. The van der Waals surface area contributed by atoms with Crippen molar-refractivity contribution in [1.29, 1.82) is 0 Å². The number of carboxylic acid groups (broad SMARTS) is 1. The summed E-state index contributed by atoms with van der Waals surface area (Å²) >= 11 is 13.0. The zero-order chi connectivity index (χ0) is 22.9. The van der Waals surface area contributed by atoms with Crippen molar-refractivity contribution < 1.29 is 27.9 Å². The van der Waals surface area contributed by atoms with Crippen LogP contribution < -0.4 is 5.32 Å². The molecule has 1 aromatic heterocycles. The minimum atomic E-state index is -4.59. The topological polar surface area (TPSA) is 66.4 Å². The number of rotatable bonds is 8. The van der Waals surface area contributed by atoms with E-state index in [1.165, 1.54) is 18.2 Å². The van der Waals surface area contributed by atoms with Crippen molar-refractivity contribution in [3.8, 4) is 0 Å². The number of benzene rings is 1. The Kier molecular flexibility index (Phi) is 7.23. The number of amides is 1. The number of carboxylic acids is 1. The van der Waals surface area contributed by atoms with Gasteiger partial charge >= 0.3 is 12.1 Å². The molecule has 0 radical (unpaired) electrons. The van der Waals surface area contributed by atoms with Crippen LogP contribution in [0.1, 0.15) is 48.5 Å². The average Bonchev–Trinajstić information content (AvgIpc) is 3.42. The van der Waals surface area contributed by atoms with Crippen LogP contribution in [0.2, 0.25) is 9.36 Å². The van der Waals surface area contributed by atoms with Crippen LogP contribution in [0.15, 0.2) is 30.3 Å². The highest BCUT2D eigenvalue weighted by molar-refractivity contribution is 7.16. The van der Waals surface area contributed by atoms with Crippen LogP contribution in [0.5, 0.6) is 0 Å². The number of halogens is 5. The normalized spacial score (nSPS) is 17.1. The molecule has 0 saturated heterocycles. The van der Waals surface area contributed by atoms with Gasteiger partial charge in [0.1, 0.15) is 0 Å². The number of hydrogen-bond donors (Lipinski definition) is 2. The Balaban J connectivity index is 1.90. The Bertz CT molecular complexity index is 975. The lowest BCUT2D eigenvalue weighted by Gasteiger charge is -2.25. The van der Waals surface area contributed by atoms with Crippen molar-refractivity contribution in [2.24, 2.45) is 11.8 Å². The van der Waals surface area contributed by atoms with Gasteiger partial charge in [0.15, 0.2) is 0 Å². The van der Waals surface area contributed by atoms with Crippen molar-refractivity contribution in [2.45, 2.75) is 44.2 Å². The van der Waals surface area contributed by atoms with E-state index in [1.54, 1.807) is 12.1 Å². The Morgan fingerprint density at radius 2 is 1.90 bits per heavy atom. The predicted octanol–water partition coefficient (Wildman–Crippen LogP) is 6.94. The Hall–Kier alpha value is -1.77. The van der Waals surface area contributed by atoms with E-state index in [0.29, 0.717) is 5.56 Å². The van der Waals surface area contributed by atoms with Crippen LogP contribution >= 0.6 is 34.5 Å². The van der Waals surface area contributed by atoms with Crippen molar-refractivity contribution >= 4 is 52.1 Å². The standard InChI is InChI=1S/C21H20Cl2F3NO3S/c1-10(21(24,25)26)19(16-6-7-17(23)31-16)20(30)27-15-8-12(4-5-14(15)22)13(9-18(28)29)11-2-3-11/h4-8,10-11,13,19H,2-3,9H2,1H3,(H,27,30)(H,28,29). The largest absolute Gasteiger partial charge is 0.481 e. The van der Waals surface area contributed by atoms with E-state index >= 15 is 0 Å². The molecule has 1 aliphatic rings. The van der Waals surface area contributed by atoms with Crippen LogP contribution in [-0.4, -0.2) is 23.2 Å². The lowest BCUT2D eigenvalue weighted by molar-refractivity contribution is -0.177. The molecule has 2 aromatic rings. The van der Waals surface area contributed by atoms with Crippen molar-refractivity contribution in [3.05, 3.63) is 50.1 Å². The van der Waals surface area contributed by atoms with Gasteiger partial charge in [0.25, 0.3) is 0 Å². The van der Waals surface area contributed by atoms with Gasteiger partial charge in [0.05, 0.1) is 33.3 Å². The van der Waals surface area contributed by atoms with Gasteiger partial charge in [-0.25, -0.2) is 0 Å². The second kappa shape index (κ2) is 9.38. The third kappa shape index (κ3) is 5.93. The van der Waals surface area contributed by atoms with E-state index in [-0.39, 0.29) is 38.2 Å². The second-order valence-corrected chi connectivity index (χ2v) is 9.87. The molecule has 3 unspecified atom stereocenters. The maximum absolute atomic E-state index is 13.5. The van der Waals surface area contributed by atoms with Crippen molar-refractivity contribution in [3.63, 3.8) is 0 Å². The van der Waals surface area contributed by atoms with E-state index in [9.17, 15) is 27.9 Å². The van der Waals surface area contributed by atoms with E-state index in [4.69, 9.17) is 23.2 Å². The lowest BCUT2D eigenvalue weighted by atomic mass is 9.89. The number of carbonyl (C=O) groups excluding carboxylic acids is 1. The van der Waals surface area contributed by atoms with Crippen molar-refractivity contribution in [1.82, 2.24) is 0 Å². The molecule has 1 amide bonds. The fourth-order valence-electron chi connectivity index (χ4n) is 3.61. The SMILES string of the molecule is CC(C(C(=O)Nc1cc(C(CC(=O)O)C2CC2)ccc1Cl)c1ccc(Cl)s1)C(F)(F)F. The van der Waals surface area contributed by atoms with Crippen LogP contribution in [-0.2, 0) is 9.59 Å². The monoisotopic (exact) mass is 493 g/mol. The maximum Gasteiger partial charge on any atom is 0.392 e. The van der Waals surface area contributed by atoms with Crippen LogP contribution in [0.4, 0.5) is 18.9 Å². The third-order valence-electron chi connectivity index (χ3n) is 5.46. The first-order chi connectivity index (χ1) is 14.5. The summed E-state index contributed by atoms with van der Waals surface area (Å²) in [5, 5.41) is 11.9. The number of aliphatic carboxylic acids is 1. The average molecular weight is 494 g/mol. The fraction of sp³-hybridized carbons (Fsp3) is 0.429. The number of carbonyl (C=O) groups is 2. The summed E-state index contributed by atoms with van der Waals surface area (Å²) < 4.78 is 40.7. The summed E-state index contributed by atoms with van der Waals surface area (Å²) in [4.78, 5) is 24.4. The zero-order valence-corrected chi connectivity index (χ0v) is 18.7. The molecule has 3 atom stereocenters. The molecule has 168 valence electrons. The smallest absolute Gasteiger partial charge is 0.392 e. The molecular formula is C21H20Cl2F3NO3S. The van der Waals surface area contributed by atoms with Gasteiger partial charge in [-0.2, -0.15) is 13.2 Å². The highest BCUT2D eigenvalue weighted by atomic mass is 35.5. The molecule has 1 aromatic carbocycles. The predicted molar refractivity (Wildman–Crippen MR) is 115 cm³/mol. The molecule has 0 bridgehead atoms. The highest BCUT2D eigenvalue weighted by Gasteiger charge is 2.45. The number of thiophene rings is 1. The van der Waals surface area contributed by atoms with Crippen LogP contribution in [0.25, 0.3) is 0 Å². The molecule has 2 N–H and O–H groups in total. The molecule has 1 heterocycles. The summed E-state index contributed by atoms with van der Waals surface area (Å²) in [5.74, 6) is -5.26. The summed E-state index contributed by atoms with van der Waals surface area (Å²) in [6.45, 7) is 0.950. The highest BCUT2D eigenvalue weighted by Crippen LogP contribution is 2.46. The first kappa shape index (κ1) is 23.9. The van der Waals surface area contributed by atoms with Gasteiger partial charge in [-0.05, 0) is 54.5 Å². The molecule has 1 fully saturated rings. The van der Waals surface area contributed by atoms with E-state index in [2.05, 4.69) is 5.32 Å². The molecule has 0 spiro atoms. The minimum Gasteiger partial charge on any atom is -0.481 e. The lowest BCUT2D eigenvalue weighted by Crippen LogP contribution is -2.34. The second-order valence-electron chi connectivity index (χ2n) is 7.72. The molecule has 3 rings (SSSR count). The van der Waals surface area contributed by atoms with Gasteiger partial charge in [-0.3, -0.25) is 9.59 Å². The summed E-state index contributed by atoms with van der Waals surface area (Å²) in [6.07, 6.45) is -2.84. The molecule has 1 aliphatic carbocycles. The molecular weight excluding hydrogens is 474 g/mol. The summed E-state index contributed by atoms with van der Waals surface area (Å²) in [5.41, 5.74) is 0.839. The zero-order valence-electron chi connectivity index (χ0n) is 16.4. The number of anilines is 1. The first-order valence-corrected chi connectivity index (χ1v) is 11.2. The maximum atomic E-state index is 13.5. The van der Waals surface area contributed by atoms with Gasteiger partial charge in [-0.15, -0.1) is 11.3 Å². The molecule has 1 saturated carbocycles. The minimum absolute atomic E-state index is 0.0683. The van der Waals surface area contributed by atoms with Crippen LogP contribution in [0.3, 0.4) is 0 Å². The Labute approximate surface area is 191 Å². The van der Waals surface area contributed by atoms with E-state index < -0.39 is 29.9 Å². The van der Waals surface area contributed by atoms with Gasteiger partial charge in [0, 0.05) is 4.88 Å².